The van der Waals surface area contributed by atoms with Crippen molar-refractivity contribution in [1.29, 1.82) is 0 Å². The molecular weight excluding hydrogens is 266 g/mol. The van der Waals surface area contributed by atoms with Crippen LogP contribution in [0.3, 0.4) is 0 Å². The molecule has 18 heavy (non-hydrogen) atoms. The number of anilines is 2. The molecule has 1 aromatic heterocycles. The molecule has 2 heterocycles. The predicted octanol–water partition coefficient (Wildman–Crippen LogP) is 3.10. The van der Waals surface area contributed by atoms with Gasteiger partial charge >= 0.3 is 0 Å². The quantitative estimate of drug-likeness (QED) is 0.860. The maximum absolute atomic E-state index is 6.04. The lowest BCUT2D eigenvalue weighted by molar-refractivity contribution is 0.696. The Morgan fingerprint density at radius 2 is 2.28 bits per heavy atom. The number of halogens is 1. The fourth-order valence-corrected chi connectivity index (χ4v) is 3.01. The highest BCUT2D eigenvalue weighted by Gasteiger charge is 2.18. The van der Waals surface area contributed by atoms with Crippen molar-refractivity contribution in [2.24, 2.45) is 0 Å². The van der Waals surface area contributed by atoms with E-state index in [2.05, 4.69) is 16.0 Å². The maximum Gasteiger partial charge on any atom is 0.0794 e. The van der Waals surface area contributed by atoms with Crippen molar-refractivity contribution in [3.05, 3.63) is 40.3 Å². The molecule has 0 saturated carbocycles. The Bertz CT molecular complexity index is 513. The van der Waals surface area contributed by atoms with Crippen molar-refractivity contribution >= 4 is 35.1 Å². The molecule has 2 N–H and O–H groups in total. The van der Waals surface area contributed by atoms with E-state index in [9.17, 15) is 0 Å². The first-order valence-corrected chi connectivity index (χ1v) is 6.72. The van der Waals surface area contributed by atoms with Crippen molar-refractivity contribution in [1.82, 2.24) is 4.98 Å². The van der Waals surface area contributed by atoms with Gasteiger partial charge in [0.25, 0.3) is 0 Å². The van der Waals surface area contributed by atoms with E-state index in [1.54, 1.807) is 11.3 Å². The number of nitrogen functional groups attached to an aromatic ring is 1. The molecular formula is C13H16ClN3S. The molecule has 0 saturated heterocycles. The molecule has 0 unspecified atom stereocenters. The average molecular weight is 282 g/mol. The fraction of sp³-hybridized carbons (Fsp3) is 0.308. The zero-order valence-electron chi connectivity index (χ0n) is 10.0. The molecule has 1 aliphatic heterocycles. The summed E-state index contributed by atoms with van der Waals surface area (Å²) in [5.74, 6) is 0. The molecule has 1 aliphatic rings. The summed E-state index contributed by atoms with van der Waals surface area (Å²) < 4.78 is 0. The molecule has 0 aliphatic carbocycles. The fourth-order valence-electron chi connectivity index (χ4n) is 2.40. The van der Waals surface area contributed by atoms with Crippen molar-refractivity contribution in [2.75, 3.05) is 17.2 Å². The summed E-state index contributed by atoms with van der Waals surface area (Å²) in [6.07, 6.45) is 4.23. The van der Waals surface area contributed by atoms with Crippen LogP contribution in [0.5, 0.6) is 0 Å². The van der Waals surface area contributed by atoms with E-state index in [1.807, 2.05) is 23.8 Å². The Hall–Kier alpha value is -1.26. The predicted molar refractivity (Wildman–Crippen MR) is 79.6 cm³/mol. The Morgan fingerprint density at radius 1 is 1.39 bits per heavy atom. The van der Waals surface area contributed by atoms with Gasteiger partial charge < -0.3 is 10.6 Å². The Morgan fingerprint density at radius 3 is 3.06 bits per heavy atom. The summed E-state index contributed by atoms with van der Waals surface area (Å²) >= 11 is 1.71. The number of aromatic nitrogens is 1. The monoisotopic (exact) mass is 281 g/mol. The summed E-state index contributed by atoms with van der Waals surface area (Å²) in [4.78, 5) is 7.84. The molecule has 3 nitrogen and oxygen atoms in total. The van der Waals surface area contributed by atoms with Gasteiger partial charge in [0.05, 0.1) is 12.1 Å². The van der Waals surface area contributed by atoms with Gasteiger partial charge in [-0.3, -0.25) is 4.98 Å². The third-order valence-electron chi connectivity index (χ3n) is 3.21. The van der Waals surface area contributed by atoms with Crippen LogP contribution in [0.4, 0.5) is 11.4 Å². The molecule has 96 valence electrons. The lowest BCUT2D eigenvalue weighted by Gasteiger charge is -2.31. The van der Waals surface area contributed by atoms with E-state index in [0.29, 0.717) is 0 Å². The zero-order valence-corrected chi connectivity index (χ0v) is 11.6. The van der Waals surface area contributed by atoms with Crippen molar-refractivity contribution < 1.29 is 0 Å². The first-order chi connectivity index (χ1) is 8.34. The highest BCUT2D eigenvalue weighted by molar-refractivity contribution is 7.09. The largest absolute Gasteiger partial charge is 0.398 e. The number of nitrogens with two attached hydrogens (primary N) is 1. The van der Waals surface area contributed by atoms with Crippen LogP contribution in [0.1, 0.15) is 16.9 Å². The van der Waals surface area contributed by atoms with E-state index < -0.39 is 0 Å². The van der Waals surface area contributed by atoms with Gasteiger partial charge in [0, 0.05) is 29.0 Å². The van der Waals surface area contributed by atoms with Crippen LogP contribution in [0.2, 0.25) is 0 Å². The molecule has 3 rings (SSSR count). The second kappa shape index (κ2) is 5.59. The van der Waals surface area contributed by atoms with Crippen LogP contribution in [-0.4, -0.2) is 11.5 Å². The highest BCUT2D eigenvalue weighted by Crippen LogP contribution is 2.32. The SMILES string of the molecule is Cl.Nc1cccc2c1CCCN2Cc1cncs1. The van der Waals surface area contributed by atoms with Gasteiger partial charge in [-0.1, -0.05) is 6.07 Å². The molecule has 0 radical (unpaired) electrons. The van der Waals surface area contributed by atoms with Crippen molar-refractivity contribution in [3.63, 3.8) is 0 Å². The van der Waals surface area contributed by atoms with Gasteiger partial charge in [-0.25, -0.2) is 0 Å². The Kier molecular flexibility index (Phi) is 4.09. The lowest BCUT2D eigenvalue weighted by atomic mass is 10.00. The van der Waals surface area contributed by atoms with E-state index >= 15 is 0 Å². The Balaban J connectivity index is 0.00000120. The third kappa shape index (κ3) is 2.44. The first-order valence-electron chi connectivity index (χ1n) is 5.84. The first kappa shape index (κ1) is 13.2. The maximum atomic E-state index is 6.04. The number of hydrogen-bond donors (Lipinski definition) is 1. The molecule has 0 atom stereocenters. The molecule has 0 fully saturated rings. The van der Waals surface area contributed by atoms with Crippen LogP contribution in [0, 0.1) is 0 Å². The minimum absolute atomic E-state index is 0. The summed E-state index contributed by atoms with van der Waals surface area (Å²) in [5, 5.41) is 0. The molecule has 0 bridgehead atoms. The summed E-state index contributed by atoms with van der Waals surface area (Å²) in [6.45, 7) is 2.05. The average Bonchev–Trinajstić information content (AvgIpc) is 2.83. The molecule has 0 amide bonds. The van der Waals surface area contributed by atoms with Crippen molar-refractivity contribution in [3.8, 4) is 0 Å². The zero-order chi connectivity index (χ0) is 11.7. The number of hydrogen-bond acceptors (Lipinski definition) is 4. The van der Waals surface area contributed by atoms with Gasteiger partial charge in [-0.05, 0) is 30.5 Å². The van der Waals surface area contributed by atoms with Crippen LogP contribution >= 0.6 is 23.7 Å². The summed E-state index contributed by atoms with van der Waals surface area (Å²) in [6, 6.07) is 6.21. The van der Waals surface area contributed by atoms with Gasteiger partial charge in [0.15, 0.2) is 0 Å². The highest BCUT2D eigenvalue weighted by atomic mass is 35.5. The van der Waals surface area contributed by atoms with Crippen LogP contribution in [-0.2, 0) is 13.0 Å². The van der Waals surface area contributed by atoms with Gasteiger partial charge in [0.1, 0.15) is 0 Å². The van der Waals surface area contributed by atoms with Gasteiger partial charge in [0.2, 0.25) is 0 Å². The molecule has 1 aromatic carbocycles. The smallest absolute Gasteiger partial charge is 0.0794 e. The lowest BCUT2D eigenvalue weighted by Crippen LogP contribution is -2.28. The van der Waals surface area contributed by atoms with Gasteiger partial charge in [-0.2, -0.15) is 0 Å². The standard InChI is InChI=1S/C13H15N3S.ClH/c14-12-4-1-5-13-11(12)3-2-6-16(13)8-10-7-15-9-17-10;/h1,4-5,7,9H,2-3,6,8,14H2;1H. The minimum atomic E-state index is 0. The summed E-state index contributed by atoms with van der Waals surface area (Å²) in [5.41, 5.74) is 11.5. The van der Waals surface area contributed by atoms with E-state index in [-0.39, 0.29) is 12.4 Å². The Labute approximate surface area is 117 Å². The number of nitrogens with zero attached hydrogens (tertiary/aromatic N) is 2. The van der Waals surface area contributed by atoms with Crippen LogP contribution in [0.15, 0.2) is 29.9 Å². The second-order valence-corrected chi connectivity index (χ2v) is 5.31. The van der Waals surface area contributed by atoms with Crippen molar-refractivity contribution in [2.45, 2.75) is 19.4 Å². The molecule has 2 aromatic rings. The third-order valence-corrected chi connectivity index (χ3v) is 3.98. The number of benzene rings is 1. The topological polar surface area (TPSA) is 42.1 Å². The normalized spacial score (nSPS) is 13.9. The second-order valence-electron chi connectivity index (χ2n) is 4.34. The number of rotatable bonds is 2. The van der Waals surface area contributed by atoms with E-state index in [0.717, 1.165) is 25.2 Å². The molecule has 0 spiro atoms. The van der Waals surface area contributed by atoms with Gasteiger partial charge in [-0.15, -0.1) is 23.7 Å². The summed E-state index contributed by atoms with van der Waals surface area (Å²) in [7, 11) is 0. The molecule has 5 heteroatoms. The van der Waals surface area contributed by atoms with E-state index in [4.69, 9.17) is 5.73 Å². The minimum Gasteiger partial charge on any atom is -0.398 e. The van der Waals surface area contributed by atoms with Crippen LogP contribution in [0.25, 0.3) is 0 Å². The van der Waals surface area contributed by atoms with Crippen LogP contribution < -0.4 is 10.6 Å². The van der Waals surface area contributed by atoms with E-state index in [1.165, 1.54) is 22.5 Å². The number of fused-ring (bicyclic) bond motifs is 1. The number of thiazole rings is 1.